The number of anilines is 1. The normalized spacial score (nSPS) is 17.6. The van der Waals surface area contributed by atoms with Crippen LogP contribution in [0.4, 0.5) is 14.5 Å². The summed E-state index contributed by atoms with van der Waals surface area (Å²) >= 11 is 0. The highest BCUT2D eigenvalue weighted by molar-refractivity contribution is 5.99. The lowest BCUT2D eigenvalue weighted by atomic mass is 10.1. The Morgan fingerprint density at radius 1 is 0.953 bits per heavy atom. The molecule has 220 valence electrons. The van der Waals surface area contributed by atoms with Crippen molar-refractivity contribution in [1.82, 2.24) is 20.0 Å². The fraction of sp³-hybridized carbons (Fsp3) is 0.290. The summed E-state index contributed by atoms with van der Waals surface area (Å²) in [4.78, 5) is 41.1. The number of fused-ring (bicyclic) bond motifs is 1. The Balaban J connectivity index is 1.08. The number of hydrogen-bond acceptors (Lipinski definition) is 7. The number of H-pyrrole nitrogens is 1. The molecule has 1 aromatic heterocycles. The number of piperazine rings is 1. The van der Waals surface area contributed by atoms with Crippen LogP contribution >= 0.6 is 0 Å². The van der Waals surface area contributed by atoms with Gasteiger partial charge in [0.05, 0.1) is 22.7 Å². The summed E-state index contributed by atoms with van der Waals surface area (Å²) in [5.74, 6) is -1.88. The maximum absolute atomic E-state index is 14.4. The molecule has 3 heterocycles. The van der Waals surface area contributed by atoms with Gasteiger partial charge in [-0.05, 0) is 41.8 Å². The van der Waals surface area contributed by atoms with Gasteiger partial charge in [-0.3, -0.25) is 29.7 Å². The number of carbonyl (C=O) groups is 2. The SMILES string of the molecule is N#Cc1ccc(N2CCN(Cc3ccc(COc4cc(F)cc5c(=O)n(C6CCC(=O)NC6=O)[nH]c45)cc3)CC2)c(F)c1. The van der Waals surface area contributed by atoms with Crippen LogP contribution in [0.5, 0.6) is 5.75 Å². The van der Waals surface area contributed by atoms with E-state index in [1.807, 2.05) is 35.2 Å². The van der Waals surface area contributed by atoms with Crippen LogP contribution in [-0.2, 0) is 22.7 Å². The van der Waals surface area contributed by atoms with E-state index in [1.54, 1.807) is 12.1 Å². The molecule has 0 bridgehead atoms. The number of nitrogens with zero attached hydrogens (tertiary/aromatic N) is 4. The second kappa shape index (κ2) is 11.7. The van der Waals surface area contributed by atoms with E-state index in [2.05, 4.69) is 15.3 Å². The minimum Gasteiger partial charge on any atom is -0.487 e. The van der Waals surface area contributed by atoms with Crippen LogP contribution in [0.15, 0.2) is 59.4 Å². The number of nitrogens with one attached hydrogen (secondary N) is 2. The summed E-state index contributed by atoms with van der Waals surface area (Å²) in [6.45, 7) is 3.71. The zero-order chi connectivity index (χ0) is 30.1. The first-order valence-corrected chi connectivity index (χ1v) is 13.9. The van der Waals surface area contributed by atoms with Crippen LogP contribution in [0, 0.1) is 23.0 Å². The number of ether oxygens (including phenoxy) is 1. The summed E-state index contributed by atoms with van der Waals surface area (Å²) in [5.41, 5.74) is 2.45. The predicted octanol–water partition coefficient (Wildman–Crippen LogP) is 3.36. The second-order valence-electron chi connectivity index (χ2n) is 10.7. The van der Waals surface area contributed by atoms with Crippen LogP contribution in [0.1, 0.15) is 35.6 Å². The highest BCUT2D eigenvalue weighted by Gasteiger charge is 2.31. The summed E-state index contributed by atoms with van der Waals surface area (Å²) in [6, 6.07) is 15.7. The van der Waals surface area contributed by atoms with Crippen molar-refractivity contribution in [3.8, 4) is 11.8 Å². The summed E-state index contributed by atoms with van der Waals surface area (Å²) < 4.78 is 35.9. The fourth-order valence-electron chi connectivity index (χ4n) is 5.57. The molecule has 0 radical (unpaired) electrons. The van der Waals surface area contributed by atoms with E-state index in [0.29, 0.717) is 24.3 Å². The zero-order valence-corrected chi connectivity index (χ0v) is 23.1. The first-order valence-electron chi connectivity index (χ1n) is 13.9. The number of aromatic nitrogens is 2. The van der Waals surface area contributed by atoms with Crippen LogP contribution in [-0.4, -0.2) is 52.7 Å². The molecule has 10 nitrogen and oxygen atoms in total. The molecular weight excluding hydrogens is 558 g/mol. The first kappa shape index (κ1) is 28.1. The Morgan fingerprint density at radius 3 is 2.40 bits per heavy atom. The van der Waals surface area contributed by atoms with Crippen LogP contribution < -0.4 is 20.5 Å². The number of aromatic amines is 1. The van der Waals surface area contributed by atoms with Crippen molar-refractivity contribution < 1.29 is 23.1 Å². The van der Waals surface area contributed by atoms with Crippen molar-refractivity contribution in [2.45, 2.75) is 32.0 Å². The van der Waals surface area contributed by atoms with Gasteiger partial charge in [-0.2, -0.15) is 5.26 Å². The fourth-order valence-corrected chi connectivity index (χ4v) is 5.57. The molecule has 2 aliphatic heterocycles. The van der Waals surface area contributed by atoms with Gasteiger partial charge >= 0.3 is 0 Å². The standard InChI is InChI=1S/C31H28F2N6O4/c32-22-14-23-29(36-39(31(23)42)26-7-8-28(40)35-30(26)41)27(15-22)43-18-20-3-1-19(2-4-20)17-37-9-11-38(12-10-37)25-6-5-21(16-34)13-24(25)33/h1-6,13-15,26,36H,7-12,17-18H2,(H,35,40,41). The van der Waals surface area contributed by atoms with E-state index in [4.69, 9.17) is 10.00 Å². The number of nitriles is 1. The number of benzene rings is 3. The van der Waals surface area contributed by atoms with Gasteiger partial charge in [-0.25, -0.2) is 13.5 Å². The average molecular weight is 587 g/mol. The van der Waals surface area contributed by atoms with Gasteiger partial charge in [0.2, 0.25) is 5.91 Å². The third kappa shape index (κ3) is 5.85. The Hall–Kier alpha value is -5.02. The molecule has 4 aromatic rings. The van der Waals surface area contributed by atoms with Crippen molar-refractivity contribution in [2.75, 3.05) is 31.1 Å². The monoisotopic (exact) mass is 586 g/mol. The van der Waals surface area contributed by atoms with Crippen LogP contribution in [0.25, 0.3) is 10.9 Å². The molecule has 0 saturated carbocycles. The molecule has 3 aromatic carbocycles. The Labute approximate surface area is 245 Å². The molecular formula is C31H28F2N6O4. The lowest BCUT2D eigenvalue weighted by molar-refractivity contribution is -0.136. The van der Waals surface area contributed by atoms with Crippen molar-refractivity contribution in [3.63, 3.8) is 0 Å². The molecule has 0 aliphatic carbocycles. The molecule has 43 heavy (non-hydrogen) atoms. The number of amides is 2. The molecule has 2 amide bonds. The van der Waals surface area contributed by atoms with E-state index >= 15 is 0 Å². The highest BCUT2D eigenvalue weighted by Crippen LogP contribution is 2.27. The first-order chi connectivity index (χ1) is 20.8. The van der Waals surface area contributed by atoms with E-state index in [1.165, 1.54) is 12.1 Å². The van der Waals surface area contributed by atoms with Gasteiger partial charge < -0.3 is 9.64 Å². The number of halogens is 2. The number of imide groups is 1. The van der Waals surface area contributed by atoms with Crippen LogP contribution in [0.3, 0.4) is 0 Å². The molecule has 12 heteroatoms. The molecule has 0 spiro atoms. The van der Waals surface area contributed by atoms with Crippen LogP contribution in [0.2, 0.25) is 0 Å². The van der Waals surface area contributed by atoms with E-state index < -0.39 is 29.2 Å². The Bertz CT molecular complexity index is 1800. The number of hydrogen-bond donors (Lipinski definition) is 2. The minimum atomic E-state index is -0.902. The number of carbonyl (C=O) groups excluding carboxylic acids is 2. The van der Waals surface area contributed by atoms with E-state index in [0.717, 1.165) is 41.5 Å². The maximum atomic E-state index is 14.4. The maximum Gasteiger partial charge on any atom is 0.275 e. The average Bonchev–Trinajstić information content (AvgIpc) is 3.32. The topological polar surface area (TPSA) is 123 Å². The molecule has 2 fully saturated rings. The van der Waals surface area contributed by atoms with Gasteiger partial charge in [-0.1, -0.05) is 24.3 Å². The van der Waals surface area contributed by atoms with Gasteiger partial charge in [-0.15, -0.1) is 0 Å². The minimum absolute atomic E-state index is 0.0528. The number of rotatable bonds is 7. The van der Waals surface area contributed by atoms with Crippen molar-refractivity contribution in [2.24, 2.45) is 0 Å². The summed E-state index contributed by atoms with van der Waals surface area (Å²) in [7, 11) is 0. The largest absolute Gasteiger partial charge is 0.487 e. The smallest absolute Gasteiger partial charge is 0.275 e. The van der Waals surface area contributed by atoms with Gasteiger partial charge in [0, 0.05) is 45.2 Å². The lowest BCUT2D eigenvalue weighted by Crippen LogP contribution is -2.46. The molecule has 1 unspecified atom stereocenters. The quantitative estimate of drug-likeness (QED) is 0.319. The van der Waals surface area contributed by atoms with E-state index in [9.17, 15) is 23.2 Å². The van der Waals surface area contributed by atoms with E-state index in [-0.39, 0.29) is 41.9 Å². The third-order valence-corrected chi connectivity index (χ3v) is 7.88. The molecule has 6 rings (SSSR count). The number of piperidine rings is 1. The van der Waals surface area contributed by atoms with Crippen molar-refractivity contribution >= 4 is 28.4 Å². The van der Waals surface area contributed by atoms with Crippen molar-refractivity contribution in [1.29, 1.82) is 5.26 Å². The lowest BCUT2D eigenvalue weighted by Gasteiger charge is -2.36. The zero-order valence-electron chi connectivity index (χ0n) is 23.1. The summed E-state index contributed by atoms with van der Waals surface area (Å²) in [5, 5.41) is 14.1. The van der Waals surface area contributed by atoms with Gasteiger partial charge in [0.1, 0.15) is 35.5 Å². The Morgan fingerprint density at radius 2 is 1.70 bits per heavy atom. The highest BCUT2D eigenvalue weighted by atomic mass is 19.1. The Kier molecular flexibility index (Phi) is 7.65. The van der Waals surface area contributed by atoms with Gasteiger partial charge in [0.15, 0.2) is 0 Å². The van der Waals surface area contributed by atoms with Crippen molar-refractivity contribution in [3.05, 3.63) is 93.3 Å². The molecule has 2 N–H and O–H groups in total. The molecule has 2 aliphatic rings. The molecule has 1 atom stereocenters. The second-order valence-corrected chi connectivity index (χ2v) is 10.7. The van der Waals surface area contributed by atoms with Gasteiger partial charge in [0.25, 0.3) is 11.5 Å². The summed E-state index contributed by atoms with van der Waals surface area (Å²) in [6.07, 6.45) is 0.258. The predicted molar refractivity (Wildman–Crippen MR) is 153 cm³/mol. The molecule has 2 saturated heterocycles. The third-order valence-electron chi connectivity index (χ3n) is 7.88.